The zero-order chi connectivity index (χ0) is 11.4. The molecule has 2 N–H and O–H groups in total. The minimum atomic E-state index is 0. The van der Waals surface area contributed by atoms with Crippen LogP contribution >= 0.6 is 0 Å². The van der Waals surface area contributed by atoms with Crippen molar-refractivity contribution >= 4 is 0 Å². The van der Waals surface area contributed by atoms with Crippen molar-refractivity contribution in [3.8, 4) is 0 Å². The summed E-state index contributed by atoms with van der Waals surface area (Å²) in [6, 6.07) is 0. The Hall–Kier alpha value is -0.600. The van der Waals surface area contributed by atoms with Gasteiger partial charge in [-0.2, -0.15) is 0 Å². The Morgan fingerprint density at radius 3 is 1.27 bits per heavy atom. The predicted octanol–water partition coefficient (Wildman–Crippen LogP) is 3.02. The number of hydrogen-bond acceptors (Lipinski definition) is 2. The van der Waals surface area contributed by atoms with Crippen molar-refractivity contribution in [2.24, 2.45) is 11.8 Å². The van der Waals surface area contributed by atoms with Gasteiger partial charge >= 0.3 is 0 Å². The topological polar surface area (TPSA) is 40.5 Å². The highest BCUT2D eigenvalue weighted by atomic mass is 16.3. The first-order valence-electron chi connectivity index (χ1n) is 5.09. The minimum absolute atomic E-state index is 0. The van der Waals surface area contributed by atoms with E-state index in [-0.39, 0.29) is 20.6 Å². The Bertz CT molecular complexity index is 116. The molecule has 0 saturated heterocycles. The van der Waals surface area contributed by atoms with E-state index in [1.807, 2.05) is 26.0 Å². The largest absolute Gasteiger partial charge is 0.396 e. The maximum absolute atomic E-state index is 8.32. The normalized spacial score (nSPS) is 12.5. The quantitative estimate of drug-likeness (QED) is 0.670. The number of aliphatic hydroxyl groups is 2. The minimum Gasteiger partial charge on any atom is -0.396 e. The molecule has 0 rings (SSSR count). The summed E-state index contributed by atoms with van der Waals surface area (Å²) in [7, 11) is 0. The second kappa shape index (κ2) is 15.9. The first-order chi connectivity index (χ1) is 6.62. The standard InChI is InChI=1S/2C6H12O.CH4/c2*1-3-6(2)4-5-7;/h2*3,6-7H,1,4-5H2,2H3;1H4/t2*6-;/m10./s1. The fraction of sp³-hybridized carbons (Fsp3) is 0.692. The molecule has 0 aliphatic heterocycles. The average molecular weight is 216 g/mol. The third-order valence-corrected chi connectivity index (χ3v) is 1.97. The van der Waals surface area contributed by atoms with E-state index in [4.69, 9.17) is 10.2 Å². The lowest BCUT2D eigenvalue weighted by Crippen LogP contribution is -1.91. The molecule has 0 amide bonds. The third kappa shape index (κ3) is 19.7. The molecular weight excluding hydrogens is 188 g/mol. The third-order valence-electron chi connectivity index (χ3n) is 1.97. The van der Waals surface area contributed by atoms with Gasteiger partial charge in [-0.05, 0) is 24.7 Å². The molecule has 0 aromatic carbocycles. The van der Waals surface area contributed by atoms with Crippen molar-refractivity contribution in [3.63, 3.8) is 0 Å². The number of rotatable bonds is 6. The number of allylic oxidation sites excluding steroid dienone is 2. The van der Waals surface area contributed by atoms with Gasteiger partial charge in [0.15, 0.2) is 0 Å². The highest BCUT2D eigenvalue weighted by Crippen LogP contribution is 1.99. The Balaban J connectivity index is -0.000000180. The van der Waals surface area contributed by atoms with Crippen LogP contribution in [-0.2, 0) is 0 Å². The lowest BCUT2D eigenvalue weighted by atomic mass is 10.1. The van der Waals surface area contributed by atoms with Gasteiger partial charge < -0.3 is 10.2 Å². The maximum Gasteiger partial charge on any atom is 0.0436 e. The summed E-state index contributed by atoms with van der Waals surface area (Å²) >= 11 is 0. The van der Waals surface area contributed by atoms with Crippen LogP contribution in [0.1, 0.15) is 34.1 Å². The van der Waals surface area contributed by atoms with Crippen molar-refractivity contribution in [2.75, 3.05) is 13.2 Å². The SMILES string of the molecule is C.C=C[C@@H](C)CCO.C=C[C@H](C)CCO. The van der Waals surface area contributed by atoms with Crippen molar-refractivity contribution in [1.82, 2.24) is 0 Å². The molecule has 92 valence electrons. The lowest BCUT2D eigenvalue weighted by molar-refractivity contribution is 0.274. The van der Waals surface area contributed by atoms with E-state index in [9.17, 15) is 0 Å². The van der Waals surface area contributed by atoms with Crippen LogP contribution in [0, 0.1) is 11.8 Å². The summed E-state index contributed by atoms with van der Waals surface area (Å²) in [6.07, 6.45) is 5.36. The van der Waals surface area contributed by atoms with E-state index >= 15 is 0 Å². The molecule has 2 nitrogen and oxygen atoms in total. The molecule has 0 fully saturated rings. The predicted molar refractivity (Wildman–Crippen MR) is 68.9 cm³/mol. The Labute approximate surface area is 95.3 Å². The second-order valence-corrected chi connectivity index (χ2v) is 3.45. The molecule has 0 aromatic heterocycles. The molecule has 0 radical (unpaired) electrons. The maximum atomic E-state index is 8.32. The molecule has 0 saturated carbocycles. The number of aliphatic hydroxyl groups excluding tert-OH is 2. The molecule has 0 aliphatic rings. The van der Waals surface area contributed by atoms with Crippen molar-refractivity contribution in [2.45, 2.75) is 34.1 Å². The first-order valence-corrected chi connectivity index (χ1v) is 5.09. The lowest BCUT2D eigenvalue weighted by Gasteiger charge is -1.97. The van der Waals surface area contributed by atoms with E-state index in [1.54, 1.807) is 0 Å². The van der Waals surface area contributed by atoms with Gasteiger partial charge in [0.2, 0.25) is 0 Å². The fourth-order valence-electron chi connectivity index (χ4n) is 0.643. The molecule has 0 bridgehead atoms. The average Bonchev–Trinajstić information content (AvgIpc) is 2.19. The van der Waals surface area contributed by atoms with Gasteiger partial charge in [0.1, 0.15) is 0 Å². The van der Waals surface area contributed by atoms with Crippen LogP contribution in [0.2, 0.25) is 0 Å². The van der Waals surface area contributed by atoms with Gasteiger partial charge in [-0.3, -0.25) is 0 Å². The molecular formula is C13H28O2. The Morgan fingerprint density at radius 1 is 0.933 bits per heavy atom. The highest BCUT2D eigenvalue weighted by molar-refractivity contribution is 4.74. The molecule has 0 spiro atoms. The van der Waals surface area contributed by atoms with Gasteiger partial charge in [-0.1, -0.05) is 33.4 Å². The van der Waals surface area contributed by atoms with Crippen molar-refractivity contribution in [1.29, 1.82) is 0 Å². The van der Waals surface area contributed by atoms with Crippen LogP contribution in [-0.4, -0.2) is 23.4 Å². The van der Waals surface area contributed by atoms with Crippen LogP contribution in [0.4, 0.5) is 0 Å². The van der Waals surface area contributed by atoms with Crippen LogP contribution in [0.15, 0.2) is 25.3 Å². The van der Waals surface area contributed by atoms with Gasteiger partial charge in [0.05, 0.1) is 0 Å². The molecule has 0 aromatic rings. The molecule has 2 heteroatoms. The number of hydrogen-bond donors (Lipinski definition) is 2. The van der Waals surface area contributed by atoms with Gasteiger partial charge in [-0.15, -0.1) is 13.2 Å². The van der Waals surface area contributed by atoms with E-state index < -0.39 is 0 Å². The molecule has 0 unspecified atom stereocenters. The summed E-state index contributed by atoms with van der Waals surface area (Å²) in [6.45, 7) is 11.7. The molecule has 0 heterocycles. The Kier molecular flexibility index (Phi) is 21.0. The smallest absolute Gasteiger partial charge is 0.0436 e. The van der Waals surface area contributed by atoms with E-state index in [0.29, 0.717) is 11.8 Å². The summed E-state index contributed by atoms with van der Waals surface area (Å²) in [5.41, 5.74) is 0. The summed E-state index contributed by atoms with van der Waals surface area (Å²) < 4.78 is 0. The van der Waals surface area contributed by atoms with Gasteiger partial charge in [0.25, 0.3) is 0 Å². The van der Waals surface area contributed by atoms with Crippen LogP contribution < -0.4 is 0 Å². The Morgan fingerprint density at radius 2 is 1.20 bits per heavy atom. The monoisotopic (exact) mass is 216 g/mol. The van der Waals surface area contributed by atoms with Crippen molar-refractivity contribution < 1.29 is 10.2 Å². The van der Waals surface area contributed by atoms with Crippen LogP contribution in [0.25, 0.3) is 0 Å². The summed E-state index contributed by atoms with van der Waals surface area (Å²) in [5, 5.41) is 16.6. The fourth-order valence-corrected chi connectivity index (χ4v) is 0.643. The zero-order valence-electron chi connectivity index (χ0n) is 9.45. The van der Waals surface area contributed by atoms with E-state index in [0.717, 1.165) is 12.8 Å². The highest BCUT2D eigenvalue weighted by Gasteiger charge is 1.90. The van der Waals surface area contributed by atoms with E-state index in [1.165, 1.54) is 0 Å². The van der Waals surface area contributed by atoms with Crippen molar-refractivity contribution in [3.05, 3.63) is 25.3 Å². The van der Waals surface area contributed by atoms with Gasteiger partial charge in [0, 0.05) is 13.2 Å². The molecule has 15 heavy (non-hydrogen) atoms. The van der Waals surface area contributed by atoms with Gasteiger partial charge in [-0.25, -0.2) is 0 Å². The first kappa shape index (κ1) is 19.9. The van der Waals surface area contributed by atoms with Crippen LogP contribution in [0.5, 0.6) is 0 Å². The summed E-state index contributed by atoms with van der Waals surface area (Å²) in [5.74, 6) is 0.926. The van der Waals surface area contributed by atoms with E-state index in [2.05, 4.69) is 13.2 Å². The zero-order valence-corrected chi connectivity index (χ0v) is 9.45. The molecule has 2 atom stereocenters. The molecule has 0 aliphatic carbocycles. The second-order valence-electron chi connectivity index (χ2n) is 3.45. The van der Waals surface area contributed by atoms with Crippen LogP contribution in [0.3, 0.4) is 0 Å². The summed E-state index contributed by atoms with van der Waals surface area (Å²) in [4.78, 5) is 0.